The number of aryl methyl sites for hydroxylation is 1. The van der Waals surface area contributed by atoms with Crippen LogP contribution in [0.2, 0.25) is 0 Å². The van der Waals surface area contributed by atoms with Gasteiger partial charge in [0.2, 0.25) is 0 Å². The number of benzene rings is 1. The molecule has 2 aromatic rings. The van der Waals surface area contributed by atoms with E-state index in [1.54, 1.807) is 17.5 Å². The zero-order valence-corrected chi connectivity index (χ0v) is 16.3. The molecule has 0 radical (unpaired) electrons. The Kier molecular flexibility index (Phi) is 5.78. The van der Waals surface area contributed by atoms with Gasteiger partial charge in [-0.3, -0.25) is 4.90 Å². The third-order valence-corrected chi connectivity index (χ3v) is 8.09. The van der Waals surface area contributed by atoms with Crippen molar-refractivity contribution in [2.45, 2.75) is 24.1 Å². The topological polar surface area (TPSA) is 49.9 Å². The molecule has 5 nitrogen and oxygen atoms in total. The van der Waals surface area contributed by atoms with E-state index in [4.69, 9.17) is 4.74 Å². The van der Waals surface area contributed by atoms with Crippen LogP contribution in [-0.4, -0.2) is 50.9 Å². The summed E-state index contributed by atoms with van der Waals surface area (Å²) in [6.45, 7) is 5.32. The number of nitrogens with zero attached hydrogens (tertiary/aromatic N) is 2. The average molecular weight is 381 g/mol. The number of rotatable bonds is 6. The molecule has 1 fully saturated rings. The van der Waals surface area contributed by atoms with Crippen LogP contribution in [0.5, 0.6) is 5.75 Å². The lowest BCUT2D eigenvalue weighted by Gasteiger charge is -2.33. The monoisotopic (exact) mass is 380 g/mol. The molecule has 0 aliphatic carbocycles. The molecule has 136 valence electrons. The highest BCUT2D eigenvalue weighted by Gasteiger charge is 2.29. The van der Waals surface area contributed by atoms with E-state index in [1.807, 2.05) is 31.2 Å². The third kappa shape index (κ3) is 4.06. The predicted molar refractivity (Wildman–Crippen MR) is 101 cm³/mol. The minimum Gasteiger partial charge on any atom is -0.496 e. The van der Waals surface area contributed by atoms with Crippen molar-refractivity contribution in [1.82, 2.24) is 9.21 Å². The summed E-state index contributed by atoms with van der Waals surface area (Å²) in [4.78, 5) is 3.38. The van der Waals surface area contributed by atoms with Crippen LogP contribution >= 0.6 is 11.3 Å². The second kappa shape index (κ2) is 7.86. The molecule has 0 amide bonds. The molecule has 0 spiro atoms. The Morgan fingerprint density at radius 3 is 2.44 bits per heavy atom. The standard InChI is InChI=1S/C18H24N2O3S2/c1-3-16-8-9-18(24-16)25(21,22)20-12-10-19(11-13-20)14-15-6-4-5-7-17(15)23-2/h4-9H,3,10-14H2,1-2H3. The van der Waals surface area contributed by atoms with Crippen molar-refractivity contribution in [3.63, 3.8) is 0 Å². The molecule has 1 aromatic carbocycles. The lowest BCUT2D eigenvalue weighted by Crippen LogP contribution is -2.48. The smallest absolute Gasteiger partial charge is 0.252 e. The van der Waals surface area contributed by atoms with Crippen LogP contribution in [0.25, 0.3) is 0 Å². The minimum atomic E-state index is -3.36. The van der Waals surface area contributed by atoms with Gasteiger partial charge in [0.1, 0.15) is 9.96 Å². The number of sulfonamides is 1. The van der Waals surface area contributed by atoms with E-state index in [2.05, 4.69) is 11.0 Å². The van der Waals surface area contributed by atoms with Crippen molar-refractivity contribution in [2.24, 2.45) is 0 Å². The Morgan fingerprint density at radius 1 is 1.08 bits per heavy atom. The number of hydrogen-bond donors (Lipinski definition) is 0. The maximum absolute atomic E-state index is 12.8. The van der Waals surface area contributed by atoms with E-state index in [9.17, 15) is 8.42 Å². The Bertz CT molecular complexity index is 809. The first kappa shape index (κ1) is 18.4. The number of para-hydroxylation sites is 1. The first-order chi connectivity index (χ1) is 12.0. The summed E-state index contributed by atoms with van der Waals surface area (Å²) in [5.41, 5.74) is 1.13. The van der Waals surface area contributed by atoms with E-state index in [0.29, 0.717) is 17.3 Å². The summed E-state index contributed by atoms with van der Waals surface area (Å²) in [6, 6.07) is 11.6. The second-order valence-corrected chi connectivity index (χ2v) is 9.40. The summed E-state index contributed by atoms with van der Waals surface area (Å²) >= 11 is 1.38. The number of thiophene rings is 1. The zero-order valence-electron chi connectivity index (χ0n) is 14.6. The van der Waals surface area contributed by atoms with Gasteiger partial charge in [-0.1, -0.05) is 25.1 Å². The van der Waals surface area contributed by atoms with Crippen LogP contribution in [0.3, 0.4) is 0 Å². The number of hydrogen-bond acceptors (Lipinski definition) is 5. The molecule has 25 heavy (non-hydrogen) atoms. The SMILES string of the molecule is CCc1ccc(S(=O)(=O)N2CCN(Cc3ccccc3OC)CC2)s1. The summed E-state index contributed by atoms with van der Waals surface area (Å²) in [5.74, 6) is 0.878. The van der Waals surface area contributed by atoms with Gasteiger partial charge in [0.15, 0.2) is 0 Å². The second-order valence-electron chi connectivity index (χ2n) is 6.07. The van der Waals surface area contributed by atoms with Crippen LogP contribution in [0.15, 0.2) is 40.6 Å². The third-order valence-electron chi connectivity index (χ3n) is 4.50. The highest BCUT2D eigenvalue weighted by atomic mass is 32.2. The fourth-order valence-corrected chi connectivity index (χ4v) is 5.89. The Balaban J connectivity index is 1.63. The van der Waals surface area contributed by atoms with E-state index in [-0.39, 0.29) is 0 Å². The van der Waals surface area contributed by atoms with Crippen LogP contribution in [-0.2, 0) is 23.0 Å². The molecular weight excluding hydrogens is 356 g/mol. The van der Waals surface area contributed by atoms with E-state index >= 15 is 0 Å². The first-order valence-corrected chi connectivity index (χ1v) is 10.7. The number of ether oxygens (including phenoxy) is 1. The van der Waals surface area contributed by atoms with Gasteiger partial charge in [-0.15, -0.1) is 11.3 Å². The van der Waals surface area contributed by atoms with Crippen molar-refractivity contribution in [3.05, 3.63) is 46.8 Å². The van der Waals surface area contributed by atoms with Crippen molar-refractivity contribution in [3.8, 4) is 5.75 Å². The van der Waals surface area contributed by atoms with Gasteiger partial charge < -0.3 is 4.74 Å². The Morgan fingerprint density at radius 2 is 1.80 bits per heavy atom. The van der Waals surface area contributed by atoms with Gasteiger partial charge in [0, 0.05) is 43.2 Å². The van der Waals surface area contributed by atoms with Crippen molar-refractivity contribution in [2.75, 3.05) is 33.3 Å². The molecule has 1 aliphatic heterocycles. The molecule has 7 heteroatoms. The van der Waals surface area contributed by atoms with Gasteiger partial charge in [0.25, 0.3) is 10.0 Å². The highest BCUT2D eigenvalue weighted by Crippen LogP contribution is 2.26. The fraction of sp³-hybridized carbons (Fsp3) is 0.444. The average Bonchev–Trinajstić information content (AvgIpc) is 3.13. The molecule has 1 saturated heterocycles. The predicted octanol–water partition coefficient (Wildman–Crippen LogP) is 2.83. The molecule has 3 rings (SSSR count). The van der Waals surface area contributed by atoms with E-state index in [1.165, 1.54) is 11.3 Å². The van der Waals surface area contributed by atoms with Crippen molar-refractivity contribution >= 4 is 21.4 Å². The van der Waals surface area contributed by atoms with Gasteiger partial charge in [0.05, 0.1) is 7.11 Å². The van der Waals surface area contributed by atoms with Crippen LogP contribution in [0.4, 0.5) is 0 Å². The number of piperazine rings is 1. The number of methoxy groups -OCH3 is 1. The molecule has 0 N–H and O–H groups in total. The highest BCUT2D eigenvalue weighted by molar-refractivity contribution is 7.91. The Labute approximate surface area is 153 Å². The molecule has 0 saturated carbocycles. The van der Waals surface area contributed by atoms with Crippen LogP contribution < -0.4 is 4.74 Å². The zero-order chi connectivity index (χ0) is 17.9. The lowest BCUT2D eigenvalue weighted by atomic mass is 10.2. The molecule has 0 bridgehead atoms. The molecule has 0 atom stereocenters. The van der Waals surface area contributed by atoms with E-state index < -0.39 is 10.0 Å². The van der Waals surface area contributed by atoms with Crippen LogP contribution in [0.1, 0.15) is 17.4 Å². The minimum absolute atomic E-state index is 0.461. The fourth-order valence-electron chi connectivity index (χ4n) is 3.02. The summed E-state index contributed by atoms with van der Waals surface area (Å²) in [7, 11) is -1.68. The summed E-state index contributed by atoms with van der Waals surface area (Å²) < 4.78 is 33.0. The largest absolute Gasteiger partial charge is 0.496 e. The lowest BCUT2D eigenvalue weighted by molar-refractivity contribution is 0.180. The molecule has 0 unspecified atom stereocenters. The maximum Gasteiger partial charge on any atom is 0.252 e. The Hall–Kier alpha value is -1.41. The van der Waals surface area contributed by atoms with Crippen LogP contribution in [0, 0.1) is 0 Å². The summed E-state index contributed by atoms with van der Waals surface area (Å²) in [6.07, 6.45) is 0.868. The summed E-state index contributed by atoms with van der Waals surface area (Å²) in [5, 5.41) is 0. The van der Waals surface area contributed by atoms with Gasteiger partial charge >= 0.3 is 0 Å². The normalized spacial score (nSPS) is 16.9. The molecular formula is C18H24N2O3S2. The van der Waals surface area contributed by atoms with Crippen molar-refractivity contribution < 1.29 is 13.2 Å². The van der Waals surface area contributed by atoms with Gasteiger partial charge in [-0.05, 0) is 24.6 Å². The maximum atomic E-state index is 12.8. The van der Waals surface area contributed by atoms with Gasteiger partial charge in [-0.2, -0.15) is 4.31 Å². The molecule has 1 aromatic heterocycles. The van der Waals surface area contributed by atoms with Crippen molar-refractivity contribution in [1.29, 1.82) is 0 Å². The first-order valence-electron chi connectivity index (χ1n) is 8.47. The van der Waals surface area contributed by atoms with Gasteiger partial charge in [-0.25, -0.2) is 8.42 Å². The molecule has 2 heterocycles. The quantitative estimate of drug-likeness (QED) is 0.773. The van der Waals surface area contributed by atoms with E-state index in [0.717, 1.165) is 42.2 Å². The molecule has 1 aliphatic rings.